The predicted octanol–water partition coefficient (Wildman–Crippen LogP) is 3.08. The third-order valence-corrected chi connectivity index (χ3v) is 4.21. The summed E-state index contributed by atoms with van der Waals surface area (Å²) >= 11 is 5.31. The van der Waals surface area contributed by atoms with Gasteiger partial charge >= 0.3 is 0 Å². The van der Waals surface area contributed by atoms with Crippen molar-refractivity contribution >= 4 is 23.3 Å². The molecule has 1 aromatic carbocycles. The Morgan fingerprint density at radius 2 is 2.04 bits per heavy atom. The van der Waals surface area contributed by atoms with Gasteiger partial charge in [0.05, 0.1) is 6.54 Å². The van der Waals surface area contributed by atoms with Crippen molar-refractivity contribution < 1.29 is 4.39 Å². The Morgan fingerprint density at radius 1 is 1.26 bits per heavy atom. The molecular weight excluding hydrogens is 313 g/mol. The van der Waals surface area contributed by atoms with E-state index in [1.807, 2.05) is 0 Å². The van der Waals surface area contributed by atoms with Gasteiger partial charge in [0.2, 0.25) is 5.95 Å². The van der Waals surface area contributed by atoms with Crippen molar-refractivity contribution in [3.05, 3.63) is 42.0 Å². The van der Waals surface area contributed by atoms with Crippen molar-refractivity contribution in [3.63, 3.8) is 0 Å². The fourth-order valence-corrected chi connectivity index (χ4v) is 3.06. The van der Waals surface area contributed by atoms with Crippen molar-refractivity contribution in [1.29, 1.82) is 0 Å². The number of hydrogen-bond donors (Lipinski definition) is 2. The SMILES string of the molecule is Fc1ccccc1Cn1cnc(NC(=S)NC2CCCCC2)n1. The Morgan fingerprint density at radius 3 is 2.83 bits per heavy atom. The molecule has 2 aromatic rings. The summed E-state index contributed by atoms with van der Waals surface area (Å²) in [6.45, 7) is 0.337. The molecular formula is C16H20FN5S. The lowest BCUT2D eigenvalue weighted by atomic mass is 9.96. The van der Waals surface area contributed by atoms with E-state index in [-0.39, 0.29) is 5.82 Å². The molecule has 3 rings (SSSR count). The number of nitrogens with one attached hydrogen (secondary N) is 2. The second kappa shape index (κ2) is 7.50. The normalized spacial score (nSPS) is 15.3. The van der Waals surface area contributed by atoms with E-state index in [1.165, 1.54) is 25.3 Å². The van der Waals surface area contributed by atoms with E-state index < -0.39 is 0 Å². The molecule has 1 aliphatic rings. The summed E-state index contributed by atoms with van der Waals surface area (Å²) in [6.07, 6.45) is 7.66. The van der Waals surface area contributed by atoms with Gasteiger partial charge in [0.1, 0.15) is 12.1 Å². The van der Waals surface area contributed by atoms with Crippen molar-refractivity contribution in [2.45, 2.75) is 44.7 Å². The number of thiocarbonyl (C=S) groups is 1. The van der Waals surface area contributed by atoms with Crippen LogP contribution in [0.1, 0.15) is 37.7 Å². The number of halogens is 1. The van der Waals surface area contributed by atoms with Crippen molar-refractivity contribution in [1.82, 2.24) is 20.1 Å². The second-order valence-electron chi connectivity index (χ2n) is 5.79. The minimum atomic E-state index is -0.244. The molecule has 5 nitrogen and oxygen atoms in total. The van der Waals surface area contributed by atoms with Crippen LogP contribution in [0.15, 0.2) is 30.6 Å². The molecule has 1 aliphatic carbocycles. The number of anilines is 1. The van der Waals surface area contributed by atoms with Gasteiger partial charge in [0.25, 0.3) is 0 Å². The van der Waals surface area contributed by atoms with Crippen molar-refractivity contribution in [2.24, 2.45) is 0 Å². The van der Waals surface area contributed by atoms with Crippen molar-refractivity contribution in [3.8, 4) is 0 Å². The third kappa shape index (κ3) is 4.48. The Balaban J connectivity index is 1.54. The summed E-state index contributed by atoms with van der Waals surface area (Å²) in [5.74, 6) is 0.182. The van der Waals surface area contributed by atoms with Gasteiger partial charge in [0.15, 0.2) is 5.11 Å². The standard InChI is InChI=1S/C16H20FN5S/c17-14-9-5-4-6-12(14)10-22-11-18-15(21-22)20-16(23)19-13-7-2-1-3-8-13/h4-6,9,11,13H,1-3,7-8,10H2,(H2,19,20,21,23). The highest BCUT2D eigenvalue weighted by Crippen LogP contribution is 2.17. The zero-order valence-corrected chi connectivity index (χ0v) is 13.7. The lowest BCUT2D eigenvalue weighted by Gasteiger charge is -2.23. The molecule has 0 radical (unpaired) electrons. The first kappa shape index (κ1) is 15.9. The molecule has 1 heterocycles. The van der Waals surface area contributed by atoms with Gasteiger partial charge in [-0.1, -0.05) is 37.5 Å². The maximum atomic E-state index is 13.6. The van der Waals surface area contributed by atoms with Gasteiger partial charge in [-0.3, -0.25) is 5.32 Å². The summed E-state index contributed by atoms with van der Waals surface area (Å²) in [7, 11) is 0. The molecule has 2 N–H and O–H groups in total. The van der Waals surface area contributed by atoms with E-state index in [2.05, 4.69) is 20.7 Å². The number of aromatic nitrogens is 3. The van der Waals surface area contributed by atoms with E-state index >= 15 is 0 Å². The third-order valence-electron chi connectivity index (χ3n) is 3.99. The van der Waals surface area contributed by atoms with Crippen LogP contribution in [0, 0.1) is 5.82 Å². The van der Waals surface area contributed by atoms with Crippen molar-refractivity contribution in [2.75, 3.05) is 5.32 Å². The van der Waals surface area contributed by atoms with E-state index in [0.717, 1.165) is 12.8 Å². The highest BCUT2D eigenvalue weighted by molar-refractivity contribution is 7.80. The number of hydrogen-bond acceptors (Lipinski definition) is 3. The zero-order chi connectivity index (χ0) is 16.1. The molecule has 7 heteroatoms. The monoisotopic (exact) mass is 333 g/mol. The van der Waals surface area contributed by atoms with E-state index in [4.69, 9.17) is 12.2 Å². The fraction of sp³-hybridized carbons (Fsp3) is 0.438. The van der Waals surface area contributed by atoms with Gasteiger partial charge < -0.3 is 5.32 Å². The van der Waals surface area contributed by atoms with E-state index in [0.29, 0.717) is 29.2 Å². The summed E-state index contributed by atoms with van der Waals surface area (Å²) in [4.78, 5) is 4.17. The first-order valence-corrected chi connectivity index (χ1v) is 8.32. The van der Waals surface area contributed by atoms with Gasteiger partial charge in [-0.05, 0) is 31.1 Å². The predicted molar refractivity (Wildman–Crippen MR) is 91.8 cm³/mol. The first-order chi connectivity index (χ1) is 11.2. The molecule has 0 unspecified atom stereocenters. The van der Waals surface area contributed by atoms with Crippen LogP contribution in [0.5, 0.6) is 0 Å². The molecule has 1 saturated carbocycles. The van der Waals surface area contributed by atoms with Crippen LogP contribution < -0.4 is 10.6 Å². The number of rotatable bonds is 4. The van der Waals surface area contributed by atoms with Crippen LogP contribution in [-0.2, 0) is 6.54 Å². The summed E-state index contributed by atoms with van der Waals surface area (Å²) < 4.78 is 15.2. The highest BCUT2D eigenvalue weighted by Gasteiger charge is 2.14. The Labute approximate surface area is 140 Å². The molecule has 1 aromatic heterocycles. The molecule has 0 aliphatic heterocycles. The van der Waals surface area contributed by atoms with Gasteiger partial charge in [0, 0.05) is 11.6 Å². The Kier molecular flexibility index (Phi) is 5.17. The maximum Gasteiger partial charge on any atom is 0.248 e. The molecule has 0 amide bonds. The average molecular weight is 333 g/mol. The average Bonchev–Trinajstić information content (AvgIpc) is 2.97. The van der Waals surface area contributed by atoms with Gasteiger partial charge in [-0.15, -0.1) is 5.10 Å². The fourth-order valence-electron chi connectivity index (χ4n) is 2.80. The zero-order valence-electron chi connectivity index (χ0n) is 12.8. The lowest BCUT2D eigenvalue weighted by molar-refractivity contribution is 0.414. The second-order valence-corrected chi connectivity index (χ2v) is 6.20. The minimum absolute atomic E-state index is 0.244. The molecule has 0 spiro atoms. The van der Waals surface area contributed by atoms with Gasteiger partial charge in [-0.2, -0.15) is 0 Å². The Bertz CT molecular complexity index is 666. The number of benzene rings is 1. The minimum Gasteiger partial charge on any atom is -0.360 e. The smallest absolute Gasteiger partial charge is 0.248 e. The quantitative estimate of drug-likeness (QED) is 0.842. The molecule has 23 heavy (non-hydrogen) atoms. The van der Waals surface area contributed by atoms with Gasteiger partial charge in [-0.25, -0.2) is 14.1 Å². The molecule has 122 valence electrons. The molecule has 0 bridgehead atoms. The van der Waals surface area contributed by atoms with Crippen LogP contribution in [0.25, 0.3) is 0 Å². The first-order valence-electron chi connectivity index (χ1n) is 7.91. The lowest BCUT2D eigenvalue weighted by Crippen LogP contribution is -2.39. The Hall–Kier alpha value is -2.02. The van der Waals surface area contributed by atoms with Crippen LogP contribution in [-0.4, -0.2) is 25.9 Å². The van der Waals surface area contributed by atoms with E-state index in [9.17, 15) is 4.39 Å². The molecule has 1 fully saturated rings. The summed E-state index contributed by atoms with van der Waals surface area (Å²) in [6, 6.07) is 7.08. The molecule has 0 saturated heterocycles. The summed E-state index contributed by atoms with van der Waals surface area (Å²) in [5, 5.41) is 11.1. The van der Waals surface area contributed by atoms with Crippen LogP contribution in [0.4, 0.5) is 10.3 Å². The van der Waals surface area contributed by atoms with E-state index in [1.54, 1.807) is 29.2 Å². The van der Waals surface area contributed by atoms with Crippen LogP contribution in [0.3, 0.4) is 0 Å². The number of nitrogens with zero attached hydrogens (tertiary/aromatic N) is 3. The molecule has 0 atom stereocenters. The largest absolute Gasteiger partial charge is 0.360 e. The summed E-state index contributed by atoms with van der Waals surface area (Å²) in [5.41, 5.74) is 0.576. The highest BCUT2D eigenvalue weighted by atomic mass is 32.1. The van der Waals surface area contributed by atoms with Crippen LogP contribution in [0.2, 0.25) is 0 Å². The maximum absolute atomic E-state index is 13.6. The van der Waals surface area contributed by atoms with Crippen LogP contribution >= 0.6 is 12.2 Å². The topological polar surface area (TPSA) is 54.8 Å².